The average Bonchev–Trinajstić information content (AvgIpc) is 2.63. The Morgan fingerprint density at radius 3 is 2.68 bits per heavy atom. The van der Waals surface area contributed by atoms with Gasteiger partial charge in [0.2, 0.25) is 5.91 Å². The smallest absolute Gasteiger partial charge is 0.303 e. The zero-order valence-corrected chi connectivity index (χ0v) is 14.5. The summed E-state index contributed by atoms with van der Waals surface area (Å²) in [6, 6.07) is 7.46. The Labute approximate surface area is 148 Å². The lowest BCUT2D eigenvalue weighted by molar-refractivity contribution is -0.137. The Morgan fingerprint density at radius 1 is 1.20 bits per heavy atom. The van der Waals surface area contributed by atoms with E-state index in [2.05, 4.69) is 5.32 Å². The Morgan fingerprint density at radius 2 is 2.00 bits per heavy atom. The summed E-state index contributed by atoms with van der Waals surface area (Å²) in [6.45, 7) is 1.69. The first-order chi connectivity index (χ1) is 12.1. The highest BCUT2D eigenvalue weighted by atomic mass is 16.5. The van der Waals surface area contributed by atoms with Crippen molar-refractivity contribution in [3.05, 3.63) is 29.8 Å². The van der Waals surface area contributed by atoms with Crippen molar-refractivity contribution in [3.63, 3.8) is 0 Å². The third-order valence-electron chi connectivity index (χ3n) is 4.18. The Bertz CT molecular complexity index is 537. The van der Waals surface area contributed by atoms with Gasteiger partial charge in [-0.25, -0.2) is 0 Å². The molecule has 1 saturated heterocycles. The van der Waals surface area contributed by atoms with Gasteiger partial charge in [0.25, 0.3) is 0 Å². The highest BCUT2D eigenvalue weighted by Crippen LogP contribution is 2.17. The predicted molar refractivity (Wildman–Crippen MR) is 93.5 cm³/mol. The molecule has 138 valence electrons. The summed E-state index contributed by atoms with van der Waals surface area (Å²) in [5.74, 6) is -0.0668. The van der Waals surface area contributed by atoms with Crippen LogP contribution in [0.1, 0.15) is 50.5 Å². The van der Waals surface area contributed by atoms with Crippen LogP contribution >= 0.6 is 0 Å². The standard InChI is InChI=1S/C19H27NO5/c21-18(11-10-16-4-1-2-12-24-16)20-14-15-6-8-17(9-7-15)25-13-3-5-19(22)23/h6-9,16H,1-5,10-14H2,(H,20,21)(H,22,23). The molecular formula is C19H27NO5. The lowest BCUT2D eigenvalue weighted by atomic mass is 10.0. The molecule has 1 amide bonds. The molecule has 0 radical (unpaired) electrons. The van der Waals surface area contributed by atoms with Crippen molar-refractivity contribution < 1.29 is 24.2 Å². The lowest BCUT2D eigenvalue weighted by Gasteiger charge is -2.22. The third-order valence-corrected chi connectivity index (χ3v) is 4.18. The third kappa shape index (κ3) is 8.03. The summed E-state index contributed by atoms with van der Waals surface area (Å²) in [5.41, 5.74) is 1.00. The second kappa shape index (κ2) is 10.7. The number of benzene rings is 1. The minimum Gasteiger partial charge on any atom is -0.494 e. The minimum atomic E-state index is -0.815. The molecule has 0 aliphatic carbocycles. The summed E-state index contributed by atoms with van der Waals surface area (Å²) in [5, 5.41) is 11.5. The van der Waals surface area contributed by atoms with Crippen LogP contribution in [0.4, 0.5) is 0 Å². The zero-order chi connectivity index (χ0) is 17.9. The second-order valence-corrected chi connectivity index (χ2v) is 6.29. The largest absolute Gasteiger partial charge is 0.494 e. The van der Waals surface area contributed by atoms with Gasteiger partial charge >= 0.3 is 5.97 Å². The van der Waals surface area contributed by atoms with Crippen LogP contribution in [0.2, 0.25) is 0 Å². The van der Waals surface area contributed by atoms with Gasteiger partial charge in [-0.1, -0.05) is 12.1 Å². The molecule has 25 heavy (non-hydrogen) atoms. The molecule has 1 aromatic carbocycles. The molecule has 0 bridgehead atoms. The first-order valence-corrected chi connectivity index (χ1v) is 8.95. The number of carboxylic acid groups (broad SMARTS) is 1. The first-order valence-electron chi connectivity index (χ1n) is 8.95. The van der Waals surface area contributed by atoms with E-state index >= 15 is 0 Å². The number of hydrogen-bond donors (Lipinski definition) is 2. The van der Waals surface area contributed by atoms with Gasteiger partial charge in [0.05, 0.1) is 12.7 Å². The maximum absolute atomic E-state index is 11.9. The topological polar surface area (TPSA) is 84.9 Å². The fraction of sp³-hybridized carbons (Fsp3) is 0.579. The number of hydrogen-bond acceptors (Lipinski definition) is 4. The lowest BCUT2D eigenvalue weighted by Crippen LogP contribution is -2.26. The van der Waals surface area contributed by atoms with Gasteiger partial charge in [0.1, 0.15) is 5.75 Å². The van der Waals surface area contributed by atoms with Gasteiger partial charge in [0.15, 0.2) is 0 Å². The number of carboxylic acids is 1. The van der Waals surface area contributed by atoms with Crippen molar-refractivity contribution in [1.29, 1.82) is 0 Å². The van der Waals surface area contributed by atoms with E-state index in [-0.39, 0.29) is 18.4 Å². The van der Waals surface area contributed by atoms with Crippen LogP contribution in [-0.4, -0.2) is 36.3 Å². The highest BCUT2D eigenvalue weighted by molar-refractivity contribution is 5.75. The monoisotopic (exact) mass is 349 g/mol. The SMILES string of the molecule is O=C(O)CCCOc1ccc(CNC(=O)CCC2CCCCO2)cc1. The number of rotatable bonds is 10. The number of aliphatic carboxylic acids is 1. The zero-order valence-electron chi connectivity index (χ0n) is 14.5. The van der Waals surface area contributed by atoms with E-state index in [0.29, 0.717) is 31.7 Å². The Kier molecular flexibility index (Phi) is 8.25. The summed E-state index contributed by atoms with van der Waals surface area (Å²) < 4.78 is 11.1. The molecule has 1 aliphatic heterocycles. The molecule has 0 aromatic heterocycles. The average molecular weight is 349 g/mol. The van der Waals surface area contributed by atoms with E-state index in [1.807, 2.05) is 24.3 Å². The van der Waals surface area contributed by atoms with E-state index in [0.717, 1.165) is 31.4 Å². The number of ether oxygens (including phenoxy) is 2. The van der Waals surface area contributed by atoms with Gasteiger partial charge in [0, 0.05) is 26.0 Å². The van der Waals surface area contributed by atoms with Crippen LogP contribution in [0.3, 0.4) is 0 Å². The molecule has 1 heterocycles. The Balaban J connectivity index is 1.61. The van der Waals surface area contributed by atoms with E-state index in [4.69, 9.17) is 14.6 Å². The molecule has 1 atom stereocenters. The van der Waals surface area contributed by atoms with Gasteiger partial charge in [-0.2, -0.15) is 0 Å². The van der Waals surface area contributed by atoms with Crippen LogP contribution in [0, 0.1) is 0 Å². The van der Waals surface area contributed by atoms with E-state index in [9.17, 15) is 9.59 Å². The van der Waals surface area contributed by atoms with Crippen molar-refractivity contribution in [2.24, 2.45) is 0 Å². The van der Waals surface area contributed by atoms with Gasteiger partial charge < -0.3 is 19.9 Å². The van der Waals surface area contributed by atoms with E-state index in [1.54, 1.807) is 0 Å². The van der Waals surface area contributed by atoms with Crippen molar-refractivity contribution in [1.82, 2.24) is 5.32 Å². The molecule has 1 aromatic rings. The maximum Gasteiger partial charge on any atom is 0.303 e. The predicted octanol–water partition coefficient (Wildman–Crippen LogP) is 2.90. The first kappa shape index (κ1) is 19.2. The van der Waals surface area contributed by atoms with Gasteiger partial charge in [-0.15, -0.1) is 0 Å². The molecule has 6 nitrogen and oxygen atoms in total. The normalized spacial score (nSPS) is 17.0. The fourth-order valence-corrected chi connectivity index (χ4v) is 2.73. The quantitative estimate of drug-likeness (QED) is 0.635. The van der Waals surface area contributed by atoms with Crippen molar-refractivity contribution >= 4 is 11.9 Å². The Hall–Kier alpha value is -2.08. The molecule has 2 rings (SSSR count). The minimum absolute atomic E-state index is 0.0446. The van der Waals surface area contributed by atoms with E-state index < -0.39 is 5.97 Å². The van der Waals surface area contributed by atoms with Crippen LogP contribution in [0.5, 0.6) is 5.75 Å². The summed E-state index contributed by atoms with van der Waals surface area (Å²) in [4.78, 5) is 22.3. The fourth-order valence-electron chi connectivity index (χ4n) is 2.73. The summed E-state index contributed by atoms with van der Waals surface area (Å²) in [6.07, 6.45) is 5.48. The van der Waals surface area contributed by atoms with Crippen molar-refractivity contribution in [2.75, 3.05) is 13.2 Å². The maximum atomic E-state index is 11.9. The molecule has 6 heteroatoms. The number of nitrogens with one attached hydrogen (secondary N) is 1. The molecule has 1 unspecified atom stereocenters. The van der Waals surface area contributed by atoms with Crippen molar-refractivity contribution in [2.45, 2.75) is 57.6 Å². The molecule has 1 fully saturated rings. The van der Waals surface area contributed by atoms with Gasteiger partial charge in [-0.05, 0) is 49.8 Å². The highest BCUT2D eigenvalue weighted by Gasteiger charge is 2.15. The van der Waals surface area contributed by atoms with Crippen LogP contribution < -0.4 is 10.1 Å². The van der Waals surface area contributed by atoms with Gasteiger partial charge in [-0.3, -0.25) is 9.59 Å². The van der Waals surface area contributed by atoms with Crippen LogP contribution in [0.25, 0.3) is 0 Å². The van der Waals surface area contributed by atoms with Crippen molar-refractivity contribution in [3.8, 4) is 5.75 Å². The van der Waals surface area contributed by atoms with Crippen LogP contribution in [0.15, 0.2) is 24.3 Å². The summed E-state index contributed by atoms with van der Waals surface area (Å²) >= 11 is 0. The molecular weight excluding hydrogens is 322 g/mol. The molecule has 0 saturated carbocycles. The molecule has 2 N–H and O–H groups in total. The second-order valence-electron chi connectivity index (χ2n) is 6.29. The summed E-state index contributed by atoms with van der Waals surface area (Å²) in [7, 11) is 0. The van der Waals surface area contributed by atoms with Crippen LogP contribution in [-0.2, 0) is 20.9 Å². The molecule has 0 spiro atoms. The number of carbonyl (C=O) groups is 2. The number of carbonyl (C=O) groups excluding carboxylic acids is 1. The molecule has 1 aliphatic rings. The number of amides is 1. The van der Waals surface area contributed by atoms with E-state index in [1.165, 1.54) is 6.42 Å².